The molecule has 2 fully saturated rings. The molecule has 2 aliphatic heterocycles. The molecular formula is C30H40FN3O5. The molecule has 4 rings (SSSR count). The lowest BCUT2D eigenvalue weighted by Gasteiger charge is -2.44. The van der Waals surface area contributed by atoms with Crippen LogP contribution >= 0.6 is 0 Å². The van der Waals surface area contributed by atoms with Gasteiger partial charge in [-0.1, -0.05) is 43.3 Å². The SMILES string of the molecule is CCc1cccc(-c2c(F)cccc2[C@](O)(CCCNC(=O)O)[C@@H]2CCCN(C(=O)CN3CCOCC3)C2)c1. The van der Waals surface area contributed by atoms with Crippen molar-refractivity contribution in [2.75, 3.05) is 52.5 Å². The van der Waals surface area contributed by atoms with Crippen molar-refractivity contribution in [1.82, 2.24) is 15.1 Å². The van der Waals surface area contributed by atoms with Gasteiger partial charge in [-0.25, -0.2) is 9.18 Å². The summed E-state index contributed by atoms with van der Waals surface area (Å²) >= 11 is 0. The van der Waals surface area contributed by atoms with Crippen molar-refractivity contribution >= 4 is 12.0 Å². The zero-order valence-electron chi connectivity index (χ0n) is 22.7. The Morgan fingerprint density at radius 3 is 2.67 bits per heavy atom. The van der Waals surface area contributed by atoms with E-state index < -0.39 is 17.5 Å². The average Bonchev–Trinajstić information content (AvgIpc) is 2.95. The molecule has 212 valence electrons. The molecule has 2 heterocycles. The van der Waals surface area contributed by atoms with E-state index in [4.69, 9.17) is 9.84 Å². The highest BCUT2D eigenvalue weighted by Gasteiger charge is 2.43. The van der Waals surface area contributed by atoms with Gasteiger partial charge in [0, 0.05) is 44.2 Å². The Morgan fingerprint density at radius 2 is 1.92 bits per heavy atom. The molecule has 2 saturated heterocycles. The first kappa shape index (κ1) is 29.0. The zero-order chi connectivity index (χ0) is 27.8. The van der Waals surface area contributed by atoms with Crippen LogP contribution in [0.1, 0.15) is 43.7 Å². The topological polar surface area (TPSA) is 102 Å². The number of halogens is 1. The van der Waals surface area contributed by atoms with Crippen LogP contribution in [0.3, 0.4) is 0 Å². The Kier molecular flexibility index (Phi) is 9.94. The highest BCUT2D eigenvalue weighted by Crippen LogP contribution is 2.44. The molecule has 0 saturated carbocycles. The second-order valence-electron chi connectivity index (χ2n) is 10.5. The number of nitrogens with one attached hydrogen (secondary N) is 1. The first-order valence-electron chi connectivity index (χ1n) is 14.0. The van der Waals surface area contributed by atoms with Crippen molar-refractivity contribution < 1.29 is 28.9 Å². The van der Waals surface area contributed by atoms with Crippen LogP contribution in [-0.2, 0) is 21.6 Å². The highest BCUT2D eigenvalue weighted by molar-refractivity contribution is 5.78. The summed E-state index contributed by atoms with van der Waals surface area (Å²) in [5, 5.41) is 23.9. The number of hydrogen-bond donors (Lipinski definition) is 3. The number of ether oxygens (including phenoxy) is 1. The van der Waals surface area contributed by atoms with Crippen molar-refractivity contribution in [3.8, 4) is 11.1 Å². The smallest absolute Gasteiger partial charge is 0.404 e. The molecule has 0 bridgehead atoms. The van der Waals surface area contributed by atoms with Gasteiger partial charge in [0.2, 0.25) is 5.91 Å². The lowest BCUT2D eigenvalue weighted by Crippen LogP contribution is -2.51. The second kappa shape index (κ2) is 13.4. The van der Waals surface area contributed by atoms with E-state index in [1.54, 1.807) is 12.1 Å². The average molecular weight is 542 g/mol. The molecule has 0 spiro atoms. The number of piperidine rings is 1. The minimum atomic E-state index is -1.46. The van der Waals surface area contributed by atoms with Crippen LogP contribution in [0, 0.1) is 11.7 Å². The third kappa shape index (κ3) is 7.15. The maximum Gasteiger partial charge on any atom is 0.404 e. The minimum Gasteiger partial charge on any atom is -0.465 e. The molecule has 2 amide bonds. The number of morpholine rings is 1. The van der Waals surface area contributed by atoms with Gasteiger partial charge >= 0.3 is 6.09 Å². The Hall–Kier alpha value is -3.01. The summed E-state index contributed by atoms with van der Waals surface area (Å²) in [6.07, 6.45) is 1.67. The van der Waals surface area contributed by atoms with Crippen LogP contribution < -0.4 is 5.32 Å². The number of carbonyl (C=O) groups excluding carboxylic acids is 1. The van der Waals surface area contributed by atoms with Gasteiger partial charge in [-0.05, 0) is 54.9 Å². The van der Waals surface area contributed by atoms with Crippen LogP contribution in [0.25, 0.3) is 11.1 Å². The fourth-order valence-corrected chi connectivity index (χ4v) is 5.88. The van der Waals surface area contributed by atoms with E-state index in [-0.39, 0.29) is 24.8 Å². The first-order chi connectivity index (χ1) is 18.8. The number of carbonyl (C=O) groups is 2. The molecule has 0 unspecified atom stereocenters. The normalized spacial score (nSPS) is 19.9. The Labute approximate surface area is 229 Å². The van der Waals surface area contributed by atoms with Gasteiger partial charge in [0.05, 0.1) is 25.4 Å². The highest BCUT2D eigenvalue weighted by atomic mass is 19.1. The summed E-state index contributed by atoms with van der Waals surface area (Å²) in [4.78, 5) is 28.2. The van der Waals surface area contributed by atoms with E-state index in [1.807, 2.05) is 36.1 Å². The predicted molar refractivity (Wildman–Crippen MR) is 147 cm³/mol. The number of rotatable bonds is 10. The molecule has 3 N–H and O–H groups in total. The van der Waals surface area contributed by atoms with E-state index in [9.17, 15) is 14.7 Å². The third-order valence-electron chi connectivity index (χ3n) is 8.03. The predicted octanol–water partition coefficient (Wildman–Crippen LogP) is 3.86. The van der Waals surface area contributed by atoms with Gasteiger partial charge in [-0.2, -0.15) is 0 Å². The second-order valence-corrected chi connectivity index (χ2v) is 10.5. The molecule has 2 aromatic rings. The fraction of sp³-hybridized carbons (Fsp3) is 0.533. The van der Waals surface area contributed by atoms with Gasteiger partial charge in [0.15, 0.2) is 0 Å². The Balaban J connectivity index is 1.65. The van der Waals surface area contributed by atoms with Crippen molar-refractivity contribution in [3.05, 3.63) is 59.4 Å². The number of hydrogen-bond acceptors (Lipinski definition) is 5. The van der Waals surface area contributed by atoms with Crippen LogP contribution in [0.15, 0.2) is 42.5 Å². The molecule has 0 aromatic heterocycles. The Bertz CT molecular complexity index is 1140. The number of benzene rings is 2. The Morgan fingerprint density at radius 1 is 1.15 bits per heavy atom. The van der Waals surface area contributed by atoms with Crippen LogP contribution in [0.2, 0.25) is 0 Å². The quantitative estimate of drug-likeness (QED) is 0.395. The molecule has 0 radical (unpaired) electrons. The summed E-state index contributed by atoms with van der Waals surface area (Å²) < 4.78 is 20.9. The summed E-state index contributed by atoms with van der Waals surface area (Å²) in [7, 11) is 0. The number of likely N-dealkylation sites (tertiary alicyclic amines) is 1. The summed E-state index contributed by atoms with van der Waals surface area (Å²) in [5.41, 5.74) is 1.14. The van der Waals surface area contributed by atoms with E-state index >= 15 is 4.39 Å². The minimum absolute atomic E-state index is 0.0200. The maximum absolute atomic E-state index is 15.5. The first-order valence-corrected chi connectivity index (χ1v) is 14.0. The monoisotopic (exact) mass is 541 g/mol. The number of nitrogens with zero attached hydrogens (tertiary/aromatic N) is 2. The zero-order valence-corrected chi connectivity index (χ0v) is 22.7. The van der Waals surface area contributed by atoms with E-state index in [2.05, 4.69) is 10.2 Å². The van der Waals surface area contributed by atoms with Crippen molar-refractivity contribution in [2.45, 2.75) is 44.6 Å². The summed E-state index contributed by atoms with van der Waals surface area (Å²) in [5.74, 6) is -0.731. The molecule has 8 nitrogen and oxygen atoms in total. The fourth-order valence-electron chi connectivity index (χ4n) is 5.88. The van der Waals surface area contributed by atoms with Gasteiger partial charge in [0.1, 0.15) is 5.82 Å². The van der Waals surface area contributed by atoms with E-state index in [1.165, 1.54) is 6.07 Å². The molecule has 0 aliphatic carbocycles. The molecule has 2 atom stereocenters. The summed E-state index contributed by atoms with van der Waals surface area (Å²) in [6.45, 7) is 6.15. The molecule has 9 heteroatoms. The van der Waals surface area contributed by atoms with Gasteiger partial charge < -0.3 is 25.2 Å². The van der Waals surface area contributed by atoms with Gasteiger partial charge in [0.25, 0.3) is 0 Å². The van der Waals surface area contributed by atoms with Crippen LogP contribution in [0.5, 0.6) is 0 Å². The van der Waals surface area contributed by atoms with Crippen LogP contribution in [0.4, 0.5) is 9.18 Å². The number of carboxylic acid groups (broad SMARTS) is 1. The molecule has 2 aromatic carbocycles. The maximum atomic E-state index is 15.5. The summed E-state index contributed by atoms with van der Waals surface area (Å²) in [6, 6.07) is 12.5. The number of aryl methyl sites for hydroxylation is 1. The van der Waals surface area contributed by atoms with Crippen molar-refractivity contribution in [2.24, 2.45) is 5.92 Å². The third-order valence-corrected chi connectivity index (χ3v) is 8.03. The van der Waals surface area contributed by atoms with E-state index in [0.717, 1.165) is 18.4 Å². The lowest BCUT2D eigenvalue weighted by molar-refractivity contribution is -0.138. The van der Waals surface area contributed by atoms with Crippen LogP contribution in [-0.4, -0.2) is 84.5 Å². The number of aliphatic hydroxyl groups is 1. The van der Waals surface area contributed by atoms with Gasteiger partial charge in [-0.15, -0.1) is 0 Å². The van der Waals surface area contributed by atoms with Gasteiger partial charge in [-0.3, -0.25) is 9.69 Å². The standard InChI is InChI=1S/C30H40FN3O5/c1-2-22-7-3-8-23(19-22)28-25(10-4-11-26(28)31)30(38,12-6-13-32-29(36)37)24-9-5-14-34(20-24)27(35)21-33-15-17-39-18-16-33/h3-4,7-8,10-11,19,24,32,38H,2,5-6,9,12-18,20-21H2,1H3,(H,36,37)/t24-,30+/m1/s1. The van der Waals surface area contributed by atoms with E-state index in [0.29, 0.717) is 75.5 Å². The largest absolute Gasteiger partial charge is 0.465 e. The van der Waals surface area contributed by atoms with Crippen molar-refractivity contribution in [1.29, 1.82) is 0 Å². The molecule has 39 heavy (non-hydrogen) atoms. The molecule has 2 aliphatic rings. The lowest BCUT2D eigenvalue weighted by atomic mass is 9.72. The number of amides is 2. The molecular weight excluding hydrogens is 501 g/mol. The van der Waals surface area contributed by atoms with Crippen molar-refractivity contribution in [3.63, 3.8) is 0 Å².